The standard InChI is InChI=1S/C21H28N6O3S/c1-21(2)18(27-17-19(22)24-12-25-20(17)30-21)16-9-7-15(8-10-16)14-5-3-13(4-6-14)11-26-31(23,28)29/h7-10,12-14,26H,3-6,11H2,1-2H3,(H2,22,24,25)(H2,23,28,29)/t13-,14-. The predicted octanol–water partition coefficient (Wildman–Crippen LogP) is 2.42. The Hall–Kier alpha value is -2.56. The zero-order valence-electron chi connectivity index (χ0n) is 17.7. The second-order valence-corrected chi connectivity index (χ2v) is 10.1. The minimum absolute atomic E-state index is 0.295. The monoisotopic (exact) mass is 444 g/mol. The van der Waals surface area contributed by atoms with Crippen LogP contribution in [0.5, 0.6) is 5.88 Å². The van der Waals surface area contributed by atoms with Gasteiger partial charge in [0.15, 0.2) is 11.5 Å². The minimum Gasteiger partial charge on any atom is -0.463 e. The van der Waals surface area contributed by atoms with E-state index in [0.29, 0.717) is 35.8 Å². The molecule has 2 heterocycles. The van der Waals surface area contributed by atoms with Crippen molar-refractivity contribution >= 4 is 27.4 Å². The topological polar surface area (TPSA) is 146 Å². The van der Waals surface area contributed by atoms with Crippen LogP contribution in [0.1, 0.15) is 56.6 Å². The van der Waals surface area contributed by atoms with Crippen LogP contribution in [0.15, 0.2) is 35.6 Å². The molecular formula is C21H28N6O3S. The molecule has 0 radical (unpaired) electrons. The van der Waals surface area contributed by atoms with E-state index in [0.717, 1.165) is 37.0 Å². The Morgan fingerprint density at radius 2 is 1.81 bits per heavy atom. The van der Waals surface area contributed by atoms with Crippen LogP contribution in [0.2, 0.25) is 0 Å². The lowest BCUT2D eigenvalue weighted by Crippen LogP contribution is -2.41. The maximum Gasteiger partial charge on any atom is 0.274 e. The summed E-state index contributed by atoms with van der Waals surface area (Å²) in [5.41, 5.74) is 8.81. The van der Waals surface area contributed by atoms with Crippen LogP contribution in [0, 0.1) is 5.92 Å². The van der Waals surface area contributed by atoms with Gasteiger partial charge in [0.2, 0.25) is 5.88 Å². The van der Waals surface area contributed by atoms with Crippen molar-refractivity contribution in [1.82, 2.24) is 14.7 Å². The van der Waals surface area contributed by atoms with Crippen LogP contribution >= 0.6 is 0 Å². The fraction of sp³-hybridized carbons (Fsp3) is 0.476. The Balaban J connectivity index is 1.47. The molecule has 1 fully saturated rings. The third-order valence-corrected chi connectivity index (χ3v) is 6.61. The number of nitrogens with one attached hydrogen (secondary N) is 1. The summed E-state index contributed by atoms with van der Waals surface area (Å²) < 4.78 is 30.6. The molecule has 9 nitrogen and oxygen atoms in total. The first-order valence-corrected chi connectivity index (χ1v) is 11.9. The molecule has 1 aromatic heterocycles. The maximum absolute atomic E-state index is 11.1. The second-order valence-electron chi connectivity index (χ2n) is 8.72. The van der Waals surface area contributed by atoms with Crippen LogP contribution in [-0.2, 0) is 10.2 Å². The van der Waals surface area contributed by atoms with E-state index in [4.69, 9.17) is 20.6 Å². The molecule has 0 spiro atoms. The SMILES string of the molecule is CC1(C)Oc2ncnc(N)c2N=C1c1ccc([C@H]2CC[C@H](CNS(N)(=O)=O)CC2)cc1. The van der Waals surface area contributed by atoms with E-state index in [1.54, 1.807) is 0 Å². The largest absolute Gasteiger partial charge is 0.463 e. The summed E-state index contributed by atoms with van der Waals surface area (Å²) >= 11 is 0. The Morgan fingerprint density at radius 3 is 2.45 bits per heavy atom. The minimum atomic E-state index is -3.62. The van der Waals surface area contributed by atoms with Crippen LogP contribution < -0.4 is 20.3 Å². The van der Waals surface area contributed by atoms with Crippen molar-refractivity contribution in [3.05, 3.63) is 41.7 Å². The summed E-state index contributed by atoms with van der Waals surface area (Å²) in [5.74, 6) is 1.48. The summed E-state index contributed by atoms with van der Waals surface area (Å²) in [4.78, 5) is 12.9. The molecule has 5 N–H and O–H groups in total. The average Bonchev–Trinajstić information content (AvgIpc) is 2.71. The fourth-order valence-electron chi connectivity index (χ4n) is 4.35. The number of aliphatic imine (C=N–C) groups is 1. The molecule has 1 saturated carbocycles. The van der Waals surface area contributed by atoms with Gasteiger partial charge >= 0.3 is 0 Å². The van der Waals surface area contributed by atoms with Gasteiger partial charge in [-0.15, -0.1) is 0 Å². The van der Waals surface area contributed by atoms with E-state index in [1.165, 1.54) is 11.9 Å². The number of nitrogen functional groups attached to an aromatic ring is 1. The van der Waals surface area contributed by atoms with E-state index in [2.05, 4.69) is 39.0 Å². The third-order valence-electron chi connectivity index (χ3n) is 6.04. The van der Waals surface area contributed by atoms with E-state index in [9.17, 15) is 8.42 Å². The van der Waals surface area contributed by atoms with E-state index >= 15 is 0 Å². The van der Waals surface area contributed by atoms with Crippen molar-refractivity contribution in [3.63, 3.8) is 0 Å². The van der Waals surface area contributed by atoms with E-state index in [-0.39, 0.29) is 0 Å². The molecule has 2 aliphatic rings. The van der Waals surface area contributed by atoms with Gasteiger partial charge in [-0.1, -0.05) is 24.3 Å². The molecule has 0 atom stereocenters. The summed E-state index contributed by atoms with van der Waals surface area (Å²) in [5, 5.41) is 5.03. The number of ether oxygens (including phenoxy) is 1. The molecule has 4 rings (SSSR count). The number of nitrogens with two attached hydrogens (primary N) is 2. The van der Waals surface area contributed by atoms with Gasteiger partial charge in [-0.2, -0.15) is 13.4 Å². The number of anilines is 1. The first kappa shape index (κ1) is 21.7. The van der Waals surface area contributed by atoms with Gasteiger partial charge in [-0.25, -0.2) is 19.8 Å². The molecule has 1 aliphatic carbocycles. The van der Waals surface area contributed by atoms with Crippen LogP contribution in [0.3, 0.4) is 0 Å². The maximum atomic E-state index is 11.1. The molecule has 31 heavy (non-hydrogen) atoms. The lowest BCUT2D eigenvalue weighted by Gasteiger charge is -2.32. The molecule has 0 bridgehead atoms. The van der Waals surface area contributed by atoms with E-state index < -0.39 is 15.8 Å². The number of nitrogens with zero attached hydrogens (tertiary/aromatic N) is 3. The van der Waals surface area contributed by atoms with Crippen molar-refractivity contribution in [2.24, 2.45) is 16.0 Å². The summed E-state index contributed by atoms with van der Waals surface area (Å²) in [7, 11) is -3.62. The Morgan fingerprint density at radius 1 is 1.13 bits per heavy atom. The predicted molar refractivity (Wildman–Crippen MR) is 120 cm³/mol. The van der Waals surface area contributed by atoms with Gasteiger partial charge in [0, 0.05) is 12.1 Å². The van der Waals surface area contributed by atoms with Gasteiger partial charge in [-0.3, -0.25) is 0 Å². The van der Waals surface area contributed by atoms with Gasteiger partial charge in [0.05, 0.1) is 5.71 Å². The number of fused-ring (bicyclic) bond motifs is 1. The lowest BCUT2D eigenvalue weighted by atomic mass is 9.78. The van der Waals surface area contributed by atoms with Gasteiger partial charge < -0.3 is 10.5 Å². The normalized spacial score (nSPS) is 22.9. The van der Waals surface area contributed by atoms with Crippen LogP contribution in [0.25, 0.3) is 0 Å². The van der Waals surface area contributed by atoms with Crippen LogP contribution in [0.4, 0.5) is 11.5 Å². The molecule has 0 saturated heterocycles. The van der Waals surface area contributed by atoms with Gasteiger partial charge in [0.25, 0.3) is 10.2 Å². The Labute approximate surface area is 182 Å². The zero-order valence-corrected chi connectivity index (χ0v) is 18.5. The highest BCUT2D eigenvalue weighted by Crippen LogP contribution is 2.40. The third kappa shape index (κ3) is 4.86. The zero-order chi connectivity index (χ0) is 22.2. The van der Waals surface area contributed by atoms with Crippen LogP contribution in [-0.4, -0.2) is 36.2 Å². The number of rotatable bonds is 5. The quantitative estimate of drug-likeness (QED) is 0.645. The van der Waals surface area contributed by atoms with Crippen molar-refractivity contribution < 1.29 is 13.2 Å². The highest BCUT2D eigenvalue weighted by molar-refractivity contribution is 7.87. The lowest BCUT2D eigenvalue weighted by molar-refractivity contribution is 0.171. The van der Waals surface area contributed by atoms with Crippen molar-refractivity contribution in [2.45, 2.75) is 51.0 Å². The fourth-order valence-corrected chi connectivity index (χ4v) is 4.82. The molecule has 0 unspecified atom stereocenters. The smallest absolute Gasteiger partial charge is 0.274 e. The molecule has 2 aromatic rings. The average molecular weight is 445 g/mol. The number of aromatic nitrogens is 2. The first-order chi connectivity index (χ1) is 14.6. The van der Waals surface area contributed by atoms with E-state index in [1.807, 2.05) is 13.8 Å². The summed E-state index contributed by atoms with van der Waals surface area (Å²) in [6.45, 7) is 4.32. The molecule has 10 heteroatoms. The molecule has 0 amide bonds. The van der Waals surface area contributed by atoms with Crippen molar-refractivity contribution in [3.8, 4) is 5.88 Å². The van der Waals surface area contributed by atoms with Crippen molar-refractivity contribution in [2.75, 3.05) is 12.3 Å². The Bertz CT molecular complexity index is 1090. The molecule has 1 aromatic carbocycles. The number of hydrogen-bond acceptors (Lipinski definition) is 7. The number of benzene rings is 1. The van der Waals surface area contributed by atoms with Crippen molar-refractivity contribution in [1.29, 1.82) is 0 Å². The molecule has 166 valence electrons. The number of hydrogen-bond donors (Lipinski definition) is 3. The summed E-state index contributed by atoms with van der Waals surface area (Å²) in [6, 6.07) is 8.42. The van der Waals surface area contributed by atoms with Gasteiger partial charge in [0.1, 0.15) is 11.9 Å². The summed E-state index contributed by atoms with van der Waals surface area (Å²) in [6.07, 6.45) is 5.36. The second kappa shape index (κ2) is 8.18. The first-order valence-electron chi connectivity index (χ1n) is 10.4. The molecular weight excluding hydrogens is 416 g/mol. The Kier molecular flexibility index (Phi) is 5.71. The highest BCUT2D eigenvalue weighted by Gasteiger charge is 2.35. The molecule has 1 aliphatic heterocycles. The van der Waals surface area contributed by atoms with Gasteiger partial charge in [-0.05, 0) is 56.9 Å². The highest BCUT2D eigenvalue weighted by atomic mass is 32.2.